The highest BCUT2D eigenvalue weighted by molar-refractivity contribution is 5.84. The highest BCUT2D eigenvalue weighted by Crippen LogP contribution is 2.47. The van der Waals surface area contributed by atoms with Gasteiger partial charge in [0.15, 0.2) is 0 Å². The maximum atomic E-state index is 13.8. The molecule has 3 aliphatic rings. The molecule has 7 nitrogen and oxygen atoms in total. The Labute approximate surface area is 197 Å². The topological polar surface area (TPSA) is 84.7 Å². The third-order valence-electron chi connectivity index (χ3n) is 7.90. The van der Waals surface area contributed by atoms with Crippen molar-refractivity contribution in [2.75, 3.05) is 19.8 Å². The lowest BCUT2D eigenvalue weighted by molar-refractivity contribution is -0.385. The van der Waals surface area contributed by atoms with Crippen molar-refractivity contribution in [3.05, 3.63) is 38.9 Å². The number of nitro groups is 1. The van der Waals surface area contributed by atoms with E-state index in [1.807, 2.05) is 13.8 Å². The molecule has 0 aromatic heterocycles. The Morgan fingerprint density at radius 1 is 1.24 bits per heavy atom. The standard InChI is InChI=1S/C24H32F3N3O4/c1-15(2)23(7-3-19(13-23)28-18-5-9-34-10-6-18)22(31)29-8-4-20-16(14-29)11-17(24(25,26)27)12-21(20)30(32)33/h11-12,15,18-19,28H,3-10,13-14H2,1-2H3. The minimum absolute atomic E-state index is 0.0363. The van der Waals surface area contributed by atoms with Gasteiger partial charge in [0.05, 0.1) is 15.9 Å². The lowest BCUT2D eigenvalue weighted by Gasteiger charge is -2.40. The number of benzene rings is 1. The Kier molecular flexibility index (Phi) is 6.92. The van der Waals surface area contributed by atoms with Gasteiger partial charge in [0, 0.05) is 50.0 Å². The summed E-state index contributed by atoms with van der Waals surface area (Å²) in [6.45, 7) is 5.75. The van der Waals surface area contributed by atoms with E-state index >= 15 is 0 Å². The van der Waals surface area contributed by atoms with Gasteiger partial charge in [-0.1, -0.05) is 13.8 Å². The largest absolute Gasteiger partial charge is 0.416 e. The van der Waals surface area contributed by atoms with Gasteiger partial charge in [0.1, 0.15) is 0 Å². The molecule has 2 heterocycles. The summed E-state index contributed by atoms with van der Waals surface area (Å²) >= 11 is 0. The Hall–Kier alpha value is -2.20. The molecule has 2 aliphatic heterocycles. The van der Waals surface area contributed by atoms with E-state index in [2.05, 4.69) is 5.32 Å². The van der Waals surface area contributed by atoms with E-state index in [9.17, 15) is 28.1 Å². The number of nitrogens with one attached hydrogen (secondary N) is 1. The van der Waals surface area contributed by atoms with E-state index in [1.54, 1.807) is 4.90 Å². The minimum atomic E-state index is -4.69. The zero-order chi connectivity index (χ0) is 24.7. The predicted molar refractivity (Wildman–Crippen MR) is 119 cm³/mol. The van der Waals surface area contributed by atoms with Gasteiger partial charge in [-0.15, -0.1) is 0 Å². The van der Waals surface area contributed by atoms with Crippen LogP contribution >= 0.6 is 0 Å². The first-order chi connectivity index (χ1) is 16.0. The first-order valence-electron chi connectivity index (χ1n) is 12.0. The molecule has 2 unspecified atom stereocenters. The molecule has 0 radical (unpaired) electrons. The number of halogens is 3. The van der Waals surface area contributed by atoms with Crippen molar-refractivity contribution >= 4 is 11.6 Å². The number of carbonyl (C=O) groups excluding carboxylic acids is 1. The molecule has 188 valence electrons. The van der Waals surface area contributed by atoms with Crippen molar-refractivity contribution in [3.63, 3.8) is 0 Å². The molecule has 1 saturated heterocycles. The molecule has 34 heavy (non-hydrogen) atoms. The fraction of sp³-hybridized carbons (Fsp3) is 0.708. The Morgan fingerprint density at radius 3 is 2.56 bits per heavy atom. The number of amides is 1. The Bertz CT molecular complexity index is 946. The third kappa shape index (κ3) is 4.79. The molecule has 0 bridgehead atoms. The van der Waals surface area contributed by atoms with Crippen LogP contribution in [0, 0.1) is 21.4 Å². The van der Waals surface area contributed by atoms with E-state index in [0.717, 1.165) is 45.0 Å². The lowest BCUT2D eigenvalue weighted by atomic mass is 9.73. The van der Waals surface area contributed by atoms with Gasteiger partial charge in [-0.3, -0.25) is 14.9 Å². The zero-order valence-corrected chi connectivity index (χ0v) is 19.6. The highest BCUT2D eigenvalue weighted by atomic mass is 19.4. The van der Waals surface area contributed by atoms with E-state index in [0.29, 0.717) is 24.1 Å². The maximum Gasteiger partial charge on any atom is 0.416 e. The molecule has 1 aliphatic carbocycles. The summed E-state index contributed by atoms with van der Waals surface area (Å²) in [5.74, 6) is 0.0169. The van der Waals surface area contributed by atoms with Gasteiger partial charge in [-0.05, 0) is 56.1 Å². The second-order valence-electron chi connectivity index (χ2n) is 10.2. The second kappa shape index (κ2) is 9.45. The predicted octanol–water partition coefficient (Wildman–Crippen LogP) is 4.46. The number of ether oxygens (including phenoxy) is 1. The first-order valence-corrected chi connectivity index (χ1v) is 12.0. The van der Waals surface area contributed by atoms with Gasteiger partial charge >= 0.3 is 6.18 Å². The van der Waals surface area contributed by atoms with E-state index in [-0.39, 0.29) is 42.9 Å². The van der Waals surface area contributed by atoms with Crippen LogP contribution < -0.4 is 5.32 Å². The van der Waals surface area contributed by atoms with E-state index in [1.165, 1.54) is 0 Å². The molecule has 1 aromatic carbocycles. The summed E-state index contributed by atoms with van der Waals surface area (Å²) in [5, 5.41) is 15.2. The molecule has 4 rings (SSSR count). The maximum absolute atomic E-state index is 13.8. The number of carbonyl (C=O) groups is 1. The highest BCUT2D eigenvalue weighted by Gasteiger charge is 2.50. The molecule has 10 heteroatoms. The van der Waals surface area contributed by atoms with Crippen molar-refractivity contribution in [2.24, 2.45) is 11.3 Å². The fourth-order valence-corrected chi connectivity index (χ4v) is 5.87. The number of hydrogen-bond donors (Lipinski definition) is 1. The summed E-state index contributed by atoms with van der Waals surface area (Å²) in [6.07, 6.45) is -0.350. The molecule has 2 fully saturated rings. The number of nitro benzene ring substituents is 1. The van der Waals surface area contributed by atoms with Crippen LogP contribution in [0.1, 0.15) is 62.6 Å². The molecule has 1 N–H and O–H groups in total. The van der Waals surface area contributed by atoms with E-state index < -0.39 is 27.8 Å². The third-order valence-corrected chi connectivity index (χ3v) is 7.90. The number of nitrogens with zero attached hydrogens (tertiary/aromatic N) is 2. The molecular formula is C24H32F3N3O4. The van der Waals surface area contributed by atoms with Gasteiger partial charge in [-0.2, -0.15) is 13.2 Å². The van der Waals surface area contributed by atoms with Gasteiger partial charge < -0.3 is 15.0 Å². The van der Waals surface area contributed by atoms with Crippen molar-refractivity contribution < 1.29 is 27.6 Å². The van der Waals surface area contributed by atoms with Crippen molar-refractivity contribution in [3.8, 4) is 0 Å². The van der Waals surface area contributed by atoms with Crippen molar-refractivity contribution in [1.82, 2.24) is 10.2 Å². The van der Waals surface area contributed by atoms with Gasteiger partial charge in [0.2, 0.25) is 5.91 Å². The quantitative estimate of drug-likeness (QED) is 0.494. The smallest absolute Gasteiger partial charge is 0.381 e. The number of hydrogen-bond acceptors (Lipinski definition) is 5. The molecule has 0 spiro atoms. The lowest BCUT2D eigenvalue weighted by Crippen LogP contribution is -2.49. The van der Waals surface area contributed by atoms with Crippen LogP contribution in [0.15, 0.2) is 12.1 Å². The summed E-state index contributed by atoms with van der Waals surface area (Å²) in [4.78, 5) is 26.1. The summed E-state index contributed by atoms with van der Waals surface area (Å²) in [5.41, 5.74) is -1.64. The molecule has 1 saturated carbocycles. The first kappa shape index (κ1) is 24.9. The molecule has 1 aromatic rings. The molecular weight excluding hydrogens is 451 g/mol. The van der Waals surface area contributed by atoms with Crippen LogP contribution in [-0.2, 0) is 28.7 Å². The van der Waals surface area contributed by atoms with Crippen LogP contribution in [0.5, 0.6) is 0 Å². The fourth-order valence-electron chi connectivity index (χ4n) is 5.87. The summed E-state index contributed by atoms with van der Waals surface area (Å²) in [7, 11) is 0. The number of fused-ring (bicyclic) bond motifs is 1. The average Bonchev–Trinajstić information content (AvgIpc) is 3.22. The van der Waals surface area contributed by atoms with Crippen LogP contribution in [0.2, 0.25) is 0 Å². The number of alkyl halides is 3. The summed E-state index contributed by atoms with van der Waals surface area (Å²) in [6, 6.07) is 2.16. The minimum Gasteiger partial charge on any atom is -0.381 e. The number of rotatable bonds is 5. The van der Waals surface area contributed by atoms with Crippen LogP contribution in [-0.4, -0.2) is 47.6 Å². The molecule has 2 atom stereocenters. The zero-order valence-electron chi connectivity index (χ0n) is 19.6. The molecule has 1 amide bonds. The normalized spacial score (nSPS) is 26.1. The summed E-state index contributed by atoms with van der Waals surface area (Å²) < 4.78 is 45.6. The SMILES string of the molecule is CC(C)C1(C(=O)N2CCc3c(cc(C(F)(F)F)cc3[N+](=O)[O-])C2)CCC(NC2CCOCC2)C1. The Morgan fingerprint density at radius 2 is 1.94 bits per heavy atom. The van der Waals surface area contributed by atoms with Gasteiger partial charge in [0.25, 0.3) is 5.69 Å². The monoisotopic (exact) mass is 483 g/mol. The second-order valence-corrected chi connectivity index (χ2v) is 10.2. The van der Waals surface area contributed by atoms with Crippen LogP contribution in [0.4, 0.5) is 18.9 Å². The van der Waals surface area contributed by atoms with Crippen LogP contribution in [0.3, 0.4) is 0 Å². The van der Waals surface area contributed by atoms with Crippen molar-refractivity contribution in [1.29, 1.82) is 0 Å². The average molecular weight is 484 g/mol. The Balaban J connectivity index is 1.55. The van der Waals surface area contributed by atoms with Gasteiger partial charge in [-0.25, -0.2) is 0 Å². The van der Waals surface area contributed by atoms with Crippen molar-refractivity contribution in [2.45, 2.75) is 77.2 Å². The van der Waals surface area contributed by atoms with E-state index in [4.69, 9.17) is 4.74 Å². The van der Waals surface area contributed by atoms with Crippen LogP contribution in [0.25, 0.3) is 0 Å².